The molecule has 0 bridgehead atoms. The van der Waals surface area contributed by atoms with Gasteiger partial charge in [0.1, 0.15) is 5.82 Å². The van der Waals surface area contributed by atoms with Crippen molar-refractivity contribution in [2.45, 2.75) is 0 Å². The van der Waals surface area contributed by atoms with Crippen LogP contribution in [0.5, 0.6) is 0 Å². The summed E-state index contributed by atoms with van der Waals surface area (Å²) < 4.78 is 13.7. The SMILES string of the molecule is O=C1c2cnccc2C(=O)c2c(Cl)ccc(F)c21. The van der Waals surface area contributed by atoms with Gasteiger partial charge in [-0.1, -0.05) is 11.6 Å². The molecule has 1 aliphatic carbocycles. The van der Waals surface area contributed by atoms with E-state index in [0.29, 0.717) is 0 Å². The van der Waals surface area contributed by atoms with Gasteiger partial charge in [-0.25, -0.2) is 4.39 Å². The zero-order chi connectivity index (χ0) is 12.9. The molecule has 88 valence electrons. The Morgan fingerprint density at radius 1 is 1.00 bits per heavy atom. The predicted molar refractivity (Wildman–Crippen MR) is 62.5 cm³/mol. The third kappa shape index (κ3) is 1.32. The van der Waals surface area contributed by atoms with Crippen molar-refractivity contribution in [3.63, 3.8) is 0 Å². The fourth-order valence-electron chi connectivity index (χ4n) is 2.04. The summed E-state index contributed by atoms with van der Waals surface area (Å²) in [5.74, 6) is -1.76. The van der Waals surface area contributed by atoms with Gasteiger partial charge >= 0.3 is 0 Å². The molecule has 0 radical (unpaired) electrons. The van der Waals surface area contributed by atoms with Crippen LogP contribution in [0.25, 0.3) is 0 Å². The van der Waals surface area contributed by atoms with Gasteiger partial charge in [0.2, 0.25) is 0 Å². The van der Waals surface area contributed by atoms with Crippen LogP contribution in [0, 0.1) is 5.82 Å². The van der Waals surface area contributed by atoms with Crippen molar-refractivity contribution in [2.75, 3.05) is 0 Å². The highest BCUT2D eigenvalue weighted by Crippen LogP contribution is 2.32. The summed E-state index contributed by atoms with van der Waals surface area (Å²) in [6.07, 6.45) is 2.67. The van der Waals surface area contributed by atoms with Crippen LogP contribution in [0.2, 0.25) is 5.02 Å². The van der Waals surface area contributed by atoms with Gasteiger partial charge < -0.3 is 0 Å². The highest BCUT2D eigenvalue weighted by Gasteiger charge is 2.33. The minimum Gasteiger partial charge on any atom is -0.288 e. The molecule has 18 heavy (non-hydrogen) atoms. The number of pyridine rings is 1. The van der Waals surface area contributed by atoms with Crippen LogP contribution in [-0.2, 0) is 0 Å². The van der Waals surface area contributed by atoms with Crippen LogP contribution >= 0.6 is 11.6 Å². The van der Waals surface area contributed by atoms with Crippen molar-refractivity contribution < 1.29 is 14.0 Å². The molecule has 1 aliphatic rings. The summed E-state index contributed by atoms with van der Waals surface area (Å²) in [4.78, 5) is 28.1. The number of hydrogen-bond acceptors (Lipinski definition) is 3. The molecule has 0 saturated heterocycles. The number of nitrogens with zero attached hydrogens (tertiary/aromatic N) is 1. The van der Waals surface area contributed by atoms with Gasteiger partial charge in [0.25, 0.3) is 0 Å². The molecule has 0 atom stereocenters. The molecule has 0 spiro atoms. The van der Waals surface area contributed by atoms with Crippen molar-refractivity contribution in [1.29, 1.82) is 0 Å². The molecule has 1 aromatic heterocycles. The summed E-state index contributed by atoms with van der Waals surface area (Å²) in [7, 11) is 0. The Morgan fingerprint density at radius 3 is 2.50 bits per heavy atom. The number of fused-ring (bicyclic) bond motifs is 2. The number of rotatable bonds is 0. The number of aromatic nitrogens is 1. The number of carbonyl (C=O) groups excluding carboxylic acids is 2. The first-order valence-electron chi connectivity index (χ1n) is 5.12. The van der Waals surface area contributed by atoms with Gasteiger partial charge in [0, 0.05) is 18.0 Å². The second-order valence-electron chi connectivity index (χ2n) is 3.86. The standard InChI is InChI=1S/C13H5ClFNO2/c14-8-1-2-9(15)11-10(8)12(17)6-3-4-16-5-7(6)13(11)18/h1-5H. The highest BCUT2D eigenvalue weighted by atomic mass is 35.5. The number of ketones is 2. The van der Waals surface area contributed by atoms with Crippen molar-refractivity contribution in [1.82, 2.24) is 4.98 Å². The second kappa shape index (κ2) is 3.71. The van der Waals surface area contributed by atoms with Crippen LogP contribution in [0.15, 0.2) is 30.6 Å². The van der Waals surface area contributed by atoms with E-state index in [2.05, 4.69) is 4.98 Å². The van der Waals surface area contributed by atoms with E-state index in [9.17, 15) is 14.0 Å². The van der Waals surface area contributed by atoms with Crippen molar-refractivity contribution in [3.05, 3.63) is 63.7 Å². The Hall–Kier alpha value is -2.07. The molecular weight excluding hydrogens is 257 g/mol. The third-order valence-corrected chi connectivity index (χ3v) is 3.18. The maximum atomic E-state index is 13.7. The molecule has 2 aromatic rings. The average molecular weight is 262 g/mol. The molecule has 1 heterocycles. The van der Waals surface area contributed by atoms with Gasteiger partial charge in [-0.3, -0.25) is 14.6 Å². The predicted octanol–water partition coefficient (Wildman–Crippen LogP) is 2.65. The van der Waals surface area contributed by atoms with Gasteiger partial charge in [0.05, 0.1) is 21.7 Å². The Balaban J connectivity index is 2.41. The quantitative estimate of drug-likeness (QED) is 0.625. The summed E-state index contributed by atoms with van der Waals surface area (Å²) in [5, 5.41) is 0.0761. The number of carbonyl (C=O) groups is 2. The maximum Gasteiger partial charge on any atom is 0.199 e. The van der Waals surface area contributed by atoms with E-state index in [0.717, 1.165) is 6.07 Å². The van der Waals surface area contributed by atoms with E-state index in [-0.39, 0.29) is 27.3 Å². The van der Waals surface area contributed by atoms with E-state index in [1.54, 1.807) is 0 Å². The first-order chi connectivity index (χ1) is 8.61. The van der Waals surface area contributed by atoms with Crippen LogP contribution in [0.1, 0.15) is 31.8 Å². The molecular formula is C13H5ClFNO2. The lowest BCUT2D eigenvalue weighted by Gasteiger charge is -2.18. The second-order valence-corrected chi connectivity index (χ2v) is 4.27. The molecule has 0 unspecified atom stereocenters. The van der Waals surface area contributed by atoms with Crippen molar-refractivity contribution in [2.24, 2.45) is 0 Å². The van der Waals surface area contributed by atoms with E-state index in [1.165, 1.54) is 24.5 Å². The molecule has 3 rings (SSSR count). The smallest absolute Gasteiger partial charge is 0.199 e. The minimum atomic E-state index is -0.748. The fourth-order valence-corrected chi connectivity index (χ4v) is 2.28. The number of hydrogen-bond donors (Lipinski definition) is 0. The van der Waals surface area contributed by atoms with Crippen LogP contribution < -0.4 is 0 Å². The zero-order valence-corrected chi connectivity index (χ0v) is 9.66. The van der Waals surface area contributed by atoms with E-state index >= 15 is 0 Å². The Labute approximate surface area is 106 Å². The van der Waals surface area contributed by atoms with Gasteiger partial charge in [0.15, 0.2) is 11.6 Å². The molecule has 5 heteroatoms. The fraction of sp³-hybridized carbons (Fsp3) is 0. The lowest BCUT2D eigenvalue weighted by atomic mass is 9.85. The Morgan fingerprint density at radius 2 is 1.72 bits per heavy atom. The maximum absolute atomic E-state index is 13.7. The molecule has 3 nitrogen and oxygen atoms in total. The minimum absolute atomic E-state index is 0.0691. The van der Waals surface area contributed by atoms with Gasteiger partial charge in [-0.05, 0) is 18.2 Å². The molecule has 0 aliphatic heterocycles. The van der Waals surface area contributed by atoms with Gasteiger partial charge in [-0.2, -0.15) is 0 Å². The first kappa shape index (κ1) is 11.0. The Kier molecular flexibility index (Phi) is 2.28. The third-order valence-electron chi connectivity index (χ3n) is 2.87. The van der Waals surface area contributed by atoms with E-state index in [1.807, 2.05) is 0 Å². The normalized spacial score (nSPS) is 13.2. The monoisotopic (exact) mass is 261 g/mol. The summed E-state index contributed by atoms with van der Waals surface area (Å²) >= 11 is 5.89. The highest BCUT2D eigenvalue weighted by molar-refractivity contribution is 6.39. The van der Waals surface area contributed by atoms with Crippen molar-refractivity contribution in [3.8, 4) is 0 Å². The van der Waals surface area contributed by atoms with Crippen molar-refractivity contribution >= 4 is 23.2 Å². The largest absolute Gasteiger partial charge is 0.288 e. The Bertz CT molecular complexity index is 652. The van der Waals surface area contributed by atoms with E-state index < -0.39 is 17.4 Å². The van der Waals surface area contributed by atoms with Crippen LogP contribution in [-0.4, -0.2) is 16.6 Å². The number of benzene rings is 1. The topological polar surface area (TPSA) is 47.0 Å². The van der Waals surface area contributed by atoms with Gasteiger partial charge in [-0.15, -0.1) is 0 Å². The number of halogens is 2. The van der Waals surface area contributed by atoms with E-state index in [4.69, 9.17) is 11.6 Å². The summed E-state index contributed by atoms with van der Waals surface area (Å²) in [6.45, 7) is 0. The van der Waals surface area contributed by atoms with Crippen LogP contribution in [0.4, 0.5) is 4.39 Å². The lowest BCUT2D eigenvalue weighted by molar-refractivity contribution is 0.0975. The summed E-state index contributed by atoms with van der Waals surface area (Å²) in [5.41, 5.74) is -0.0282. The average Bonchev–Trinajstić information content (AvgIpc) is 2.38. The molecule has 0 saturated carbocycles. The molecule has 0 amide bonds. The first-order valence-corrected chi connectivity index (χ1v) is 5.50. The lowest BCUT2D eigenvalue weighted by Crippen LogP contribution is -2.23. The van der Waals surface area contributed by atoms with Crippen LogP contribution in [0.3, 0.4) is 0 Å². The molecule has 0 N–H and O–H groups in total. The molecule has 1 aromatic carbocycles. The molecule has 0 fully saturated rings. The zero-order valence-electron chi connectivity index (χ0n) is 8.91. The summed E-state index contributed by atoms with van der Waals surface area (Å²) in [6, 6.07) is 3.78.